The van der Waals surface area contributed by atoms with E-state index in [1.807, 2.05) is 31.4 Å². The van der Waals surface area contributed by atoms with Crippen LogP contribution >= 0.6 is 0 Å². The first-order chi connectivity index (χ1) is 12.3. The molecule has 2 heterocycles. The molecule has 0 spiro atoms. The van der Waals surface area contributed by atoms with Crippen LogP contribution in [0.25, 0.3) is 5.65 Å². The maximum atomic E-state index is 6.38. The van der Waals surface area contributed by atoms with E-state index in [4.69, 9.17) is 5.73 Å². The molecule has 1 aliphatic carbocycles. The number of nitrogens with two attached hydrogens (primary N) is 1. The summed E-state index contributed by atoms with van der Waals surface area (Å²) >= 11 is 0. The van der Waals surface area contributed by atoms with Gasteiger partial charge in [-0.2, -0.15) is 0 Å². The minimum Gasteiger partial charge on any atom is -0.382 e. The van der Waals surface area contributed by atoms with Crippen molar-refractivity contribution in [1.29, 1.82) is 0 Å². The Morgan fingerprint density at radius 2 is 1.88 bits per heavy atom. The van der Waals surface area contributed by atoms with Crippen molar-refractivity contribution in [2.75, 3.05) is 18.1 Å². The Hall–Kier alpha value is -2.60. The number of rotatable bonds is 4. The lowest BCUT2D eigenvalue weighted by atomic mass is 9.81. The maximum Gasteiger partial charge on any atom is 0.177 e. The van der Waals surface area contributed by atoms with Crippen molar-refractivity contribution in [1.82, 2.24) is 19.9 Å². The summed E-state index contributed by atoms with van der Waals surface area (Å²) in [6.07, 6.45) is 8.13. The molecule has 0 saturated heterocycles. The van der Waals surface area contributed by atoms with Gasteiger partial charge in [0.15, 0.2) is 5.65 Å². The molecule has 3 aromatic rings. The summed E-state index contributed by atoms with van der Waals surface area (Å²) in [5.74, 6) is 1.00. The molecule has 1 saturated carbocycles. The fourth-order valence-electron chi connectivity index (χ4n) is 3.85. The Kier molecular flexibility index (Phi) is 4.28. The Morgan fingerprint density at radius 1 is 1.12 bits per heavy atom. The Balaban J connectivity index is 1.77. The number of imidazole rings is 1. The summed E-state index contributed by atoms with van der Waals surface area (Å²) in [6.45, 7) is 0. The topological polar surface area (TPSA) is 80.3 Å². The third-order valence-corrected chi connectivity index (χ3v) is 5.19. The monoisotopic (exact) mass is 336 g/mol. The summed E-state index contributed by atoms with van der Waals surface area (Å²) < 4.78 is 1.75. The van der Waals surface area contributed by atoms with Gasteiger partial charge in [-0.05, 0) is 50.8 Å². The summed E-state index contributed by atoms with van der Waals surface area (Å²) in [4.78, 5) is 4.51. The van der Waals surface area contributed by atoms with Gasteiger partial charge in [0.05, 0.1) is 5.69 Å². The van der Waals surface area contributed by atoms with Gasteiger partial charge in [0, 0.05) is 29.7 Å². The highest BCUT2D eigenvalue weighted by molar-refractivity contribution is 5.80. The van der Waals surface area contributed by atoms with Crippen LogP contribution in [0.4, 0.5) is 17.2 Å². The molecule has 0 unspecified atom stereocenters. The van der Waals surface area contributed by atoms with Gasteiger partial charge in [-0.15, -0.1) is 5.10 Å². The van der Waals surface area contributed by atoms with Crippen molar-refractivity contribution < 1.29 is 0 Å². The van der Waals surface area contributed by atoms with Crippen LogP contribution < -0.4 is 16.4 Å². The summed E-state index contributed by atoms with van der Waals surface area (Å²) in [6, 6.07) is 10.8. The van der Waals surface area contributed by atoms with Crippen LogP contribution in [0.15, 0.2) is 42.7 Å². The molecule has 2 aromatic heterocycles. The lowest BCUT2D eigenvalue weighted by Gasteiger charge is -2.30. The molecular formula is C19H24N6. The average Bonchev–Trinajstić information content (AvgIpc) is 3.11. The Labute approximate surface area is 147 Å². The second-order valence-corrected chi connectivity index (χ2v) is 6.70. The lowest BCUT2D eigenvalue weighted by Crippen LogP contribution is -2.30. The number of aromatic nitrogens is 3. The Bertz CT molecular complexity index is 849. The fourth-order valence-corrected chi connectivity index (χ4v) is 3.85. The zero-order valence-corrected chi connectivity index (χ0v) is 14.4. The van der Waals surface area contributed by atoms with E-state index in [1.165, 1.54) is 0 Å². The number of para-hydroxylation sites is 1. The number of nitrogens with one attached hydrogen (secondary N) is 2. The number of fused-ring (bicyclic) bond motifs is 1. The second-order valence-electron chi connectivity index (χ2n) is 6.70. The Morgan fingerprint density at radius 3 is 2.60 bits per heavy atom. The van der Waals surface area contributed by atoms with Crippen molar-refractivity contribution in [3.8, 4) is 0 Å². The summed E-state index contributed by atoms with van der Waals surface area (Å²) in [5, 5.41) is 11.5. The normalized spacial score (nSPS) is 20.7. The number of nitrogen functional groups attached to an aromatic ring is 1. The van der Waals surface area contributed by atoms with Gasteiger partial charge in [0.2, 0.25) is 0 Å². The summed E-state index contributed by atoms with van der Waals surface area (Å²) in [5.41, 5.74) is 10.3. The van der Waals surface area contributed by atoms with Crippen LogP contribution in [0.1, 0.15) is 37.2 Å². The smallest absolute Gasteiger partial charge is 0.177 e. The average molecular weight is 336 g/mol. The molecule has 0 aliphatic heterocycles. The molecular weight excluding hydrogens is 312 g/mol. The molecule has 0 bridgehead atoms. The van der Waals surface area contributed by atoms with E-state index in [-0.39, 0.29) is 0 Å². The minimum absolute atomic E-state index is 0.407. The van der Waals surface area contributed by atoms with E-state index < -0.39 is 0 Å². The van der Waals surface area contributed by atoms with Crippen LogP contribution in [0, 0.1) is 0 Å². The first kappa shape index (κ1) is 15.9. The van der Waals surface area contributed by atoms with E-state index in [1.54, 1.807) is 10.7 Å². The molecule has 4 rings (SSSR count). The molecule has 25 heavy (non-hydrogen) atoms. The first-order valence-corrected chi connectivity index (χ1v) is 8.88. The molecule has 6 nitrogen and oxygen atoms in total. The fraction of sp³-hybridized carbons (Fsp3) is 0.368. The maximum absolute atomic E-state index is 6.38. The minimum atomic E-state index is 0.407. The van der Waals surface area contributed by atoms with Crippen LogP contribution in [0.2, 0.25) is 0 Å². The predicted octanol–water partition coefficient (Wildman–Crippen LogP) is 3.30. The molecule has 1 aromatic carbocycles. The van der Waals surface area contributed by atoms with Gasteiger partial charge < -0.3 is 16.4 Å². The second kappa shape index (κ2) is 6.72. The molecule has 0 atom stereocenters. The molecule has 1 aliphatic rings. The molecule has 0 radical (unpaired) electrons. The van der Waals surface area contributed by atoms with E-state index in [2.05, 4.69) is 32.8 Å². The zero-order valence-electron chi connectivity index (χ0n) is 14.4. The first-order valence-electron chi connectivity index (χ1n) is 8.88. The SMILES string of the molecule is CN[C@H]1CC[C@H](c2c(N)nn3ccnc3c2Nc2ccccc2)CC1. The molecule has 1 fully saturated rings. The standard InChI is InChI=1S/C19H24N6/c1-21-14-9-7-13(8-10-14)16-17(23-15-5-3-2-4-6-15)19-22-11-12-25(19)24-18(16)20/h2-6,11-14,21,23H,7-10H2,1H3,(H2,20,24)/t13-,14-. The van der Waals surface area contributed by atoms with Gasteiger partial charge >= 0.3 is 0 Å². The van der Waals surface area contributed by atoms with Gasteiger partial charge in [0.25, 0.3) is 0 Å². The number of nitrogens with zero attached hydrogens (tertiary/aromatic N) is 3. The molecule has 130 valence electrons. The lowest BCUT2D eigenvalue weighted by molar-refractivity contribution is 0.359. The highest BCUT2D eigenvalue weighted by atomic mass is 15.3. The number of anilines is 3. The molecule has 4 N–H and O–H groups in total. The van der Waals surface area contributed by atoms with Crippen LogP contribution in [0.5, 0.6) is 0 Å². The van der Waals surface area contributed by atoms with Crippen molar-refractivity contribution in [3.63, 3.8) is 0 Å². The van der Waals surface area contributed by atoms with Crippen molar-refractivity contribution in [2.24, 2.45) is 0 Å². The predicted molar refractivity (Wildman–Crippen MR) is 101 cm³/mol. The van der Waals surface area contributed by atoms with Gasteiger partial charge in [-0.3, -0.25) is 0 Å². The van der Waals surface area contributed by atoms with Crippen LogP contribution in [0.3, 0.4) is 0 Å². The van der Waals surface area contributed by atoms with Crippen LogP contribution in [-0.2, 0) is 0 Å². The van der Waals surface area contributed by atoms with Crippen molar-refractivity contribution in [3.05, 3.63) is 48.3 Å². The highest BCUT2D eigenvalue weighted by Crippen LogP contribution is 2.41. The van der Waals surface area contributed by atoms with E-state index in [9.17, 15) is 0 Å². The number of hydrogen-bond acceptors (Lipinski definition) is 5. The third kappa shape index (κ3) is 3.05. The van der Waals surface area contributed by atoms with Crippen LogP contribution in [-0.4, -0.2) is 27.7 Å². The number of hydrogen-bond donors (Lipinski definition) is 3. The van der Waals surface area contributed by atoms with Gasteiger partial charge in [0.1, 0.15) is 5.82 Å². The van der Waals surface area contributed by atoms with Gasteiger partial charge in [-0.1, -0.05) is 18.2 Å². The third-order valence-electron chi connectivity index (χ3n) is 5.19. The highest BCUT2D eigenvalue weighted by Gasteiger charge is 2.27. The molecule has 6 heteroatoms. The largest absolute Gasteiger partial charge is 0.382 e. The molecule has 0 amide bonds. The van der Waals surface area contributed by atoms with E-state index in [0.29, 0.717) is 17.8 Å². The zero-order chi connectivity index (χ0) is 17.2. The quantitative estimate of drug-likeness (QED) is 0.681. The van der Waals surface area contributed by atoms with Crippen molar-refractivity contribution >= 4 is 22.8 Å². The van der Waals surface area contributed by atoms with E-state index >= 15 is 0 Å². The van der Waals surface area contributed by atoms with E-state index in [0.717, 1.165) is 48.3 Å². The van der Waals surface area contributed by atoms with Crippen molar-refractivity contribution in [2.45, 2.75) is 37.6 Å². The van der Waals surface area contributed by atoms with Gasteiger partial charge in [-0.25, -0.2) is 9.50 Å². The number of benzene rings is 1. The summed E-state index contributed by atoms with van der Waals surface area (Å²) in [7, 11) is 2.04.